The average molecular weight is 373 g/mol. The Morgan fingerprint density at radius 2 is 1.54 bits per heavy atom. The standard InChI is InChI=1S/C23H19NO4/c1-26-20-11-6-17(7-12-20)3-2-16-4-9-19(10-5-16)24-23(25)18-8-13-21-22(14-18)28-15-27-21/h2-14H,15H2,1H3,(H,24,25)/b3-2+. The SMILES string of the molecule is COc1ccc(/C=C/c2ccc(NC(=O)c3ccc4c(c3)OCO4)cc2)cc1. The number of carbonyl (C=O) groups is 1. The molecule has 5 nitrogen and oxygen atoms in total. The van der Waals surface area contributed by atoms with Crippen molar-refractivity contribution in [2.24, 2.45) is 0 Å². The van der Waals surface area contributed by atoms with Gasteiger partial charge in [0.25, 0.3) is 5.91 Å². The first-order chi connectivity index (χ1) is 13.7. The number of benzene rings is 3. The Morgan fingerprint density at radius 3 is 2.21 bits per heavy atom. The molecule has 0 bridgehead atoms. The van der Waals surface area contributed by atoms with Gasteiger partial charge in [-0.05, 0) is 53.6 Å². The highest BCUT2D eigenvalue weighted by atomic mass is 16.7. The van der Waals surface area contributed by atoms with Crippen molar-refractivity contribution < 1.29 is 19.0 Å². The first kappa shape index (κ1) is 17.7. The molecular weight excluding hydrogens is 354 g/mol. The number of hydrogen-bond donors (Lipinski definition) is 1. The number of carbonyl (C=O) groups excluding carboxylic acids is 1. The summed E-state index contributed by atoms with van der Waals surface area (Å²) in [5, 5.41) is 2.89. The molecule has 28 heavy (non-hydrogen) atoms. The Morgan fingerprint density at radius 1 is 0.893 bits per heavy atom. The second-order valence-corrected chi connectivity index (χ2v) is 6.25. The van der Waals surface area contributed by atoms with Crippen LogP contribution in [-0.4, -0.2) is 19.8 Å². The molecule has 140 valence electrons. The molecule has 0 saturated carbocycles. The minimum absolute atomic E-state index is 0.186. The lowest BCUT2D eigenvalue weighted by molar-refractivity contribution is 0.102. The molecule has 1 aliphatic heterocycles. The summed E-state index contributed by atoms with van der Waals surface area (Å²) in [6.07, 6.45) is 4.05. The highest BCUT2D eigenvalue weighted by Gasteiger charge is 2.16. The molecule has 0 atom stereocenters. The Labute approximate surface area is 163 Å². The average Bonchev–Trinajstić information content (AvgIpc) is 3.21. The molecule has 3 aromatic rings. The van der Waals surface area contributed by atoms with Crippen LogP contribution in [0.3, 0.4) is 0 Å². The predicted molar refractivity (Wildman–Crippen MR) is 109 cm³/mol. The van der Waals surface area contributed by atoms with Gasteiger partial charge in [0, 0.05) is 11.3 Å². The highest BCUT2D eigenvalue weighted by Crippen LogP contribution is 2.32. The molecular formula is C23H19NO4. The van der Waals surface area contributed by atoms with E-state index in [4.69, 9.17) is 14.2 Å². The molecule has 0 aliphatic carbocycles. The van der Waals surface area contributed by atoms with Crippen LogP contribution < -0.4 is 19.5 Å². The van der Waals surface area contributed by atoms with Gasteiger partial charge >= 0.3 is 0 Å². The summed E-state index contributed by atoms with van der Waals surface area (Å²) in [5.41, 5.74) is 3.37. The quantitative estimate of drug-likeness (QED) is 0.650. The Balaban J connectivity index is 1.40. The highest BCUT2D eigenvalue weighted by molar-refractivity contribution is 6.04. The number of anilines is 1. The van der Waals surface area contributed by atoms with Crippen molar-refractivity contribution in [3.05, 3.63) is 83.4 Å². The largest absolute Gasteiger partial charge is 0.497 e. The monoisotopic (exact) mass is 373 g/mol. The van der Waals surface area contributed by atoms with Crippen LogP contribution in [0, 0.1) is 0 Å². The third-order valence-electron chi connectivity index (χ3n) is 4.39. The number of fused-ring (bicyclic) bond motifs is 1. The van der Waals surface area contributed by atoms with Crippen molar-refractivity contribution in [1.82, 2.24) is 0 Å². The summed E-state index contributed by atoms with van der Waals surface area (Å²) in [6.45, 7) is 0.186. The van der Waals surface area contributed by atoms with Gasteiger partial charge in [-0.2, -0.15) is 0 Å². The molecule has 0 saturated heterocycles. The number of methoxy groups -OCH3 is 1. The minimum Gasteiger partial charge on any atom is -0.497 e. The normalized spacial score (nSPS) is 12.2. The van der Waals surface area contributed by atoms with Crippen molar-refractivity contribution in [3.8, 4) is 17.2 Å². The molecule has 0 spiro atoms. The van der Waals surface area contributed by atoms with Crippen molar-refractivity contribution in [3.63, 3.8) is 0 Å². The molecule has 1 amide bonds. The molecule has 0 unspecified atom stereocenters. The number of nitrogens with one attached hydrogen (secondary N) is 1. The zero-order chi connectivity index (χ0) is 19.3. The van der Waals surface area contributed by atoms with Crippen molar-refractivity contribution in [1.29, 1.82) is 0 Å². The second-order valence-electron chi connectivity index (χ2n) is 6.25. The van der Waals surface area contributed by atoms with E-state index < -0.39 is 0 Å². The van der Waals surface area contributed by atoms with E-state index in [-0.39, 0.29) is 12.7 Å². The summed E-state index contributed by atoms with van der Waals surface area (Å²) in [4.78, 5) is 12.4. The second kappa shape index (κ2) is 7.88. The van der Waals surface area contributed by atoms with E-state index in [2.05, 4.69) is 5.32 Å². The van der Waals surface area contributed by atoms with E-state index in [0.29, 0.717) is 17.1 Å². The summed E-state index contributed by atoms with van der Waals surface area (Å²) in [7, 11) is 1.65. The first-order valence-electron chi connectivity index (χ1n) is 8.84. The maximum atomic E-state index is 12.4. The van der Waals surface area contributed by atoms with Crippen LogP contribution in [0.4, 0.5) is 5.69 Å². The van der Waals surface area contributed by atoms with Gasteiger partial charge in [-0.15, -0.1) is 0 Å². The van der Waals surface area contributed by atoms with Gasteiger partial charge in [-0.1, -0.05) is 36.4 Å². The smallest absolute Gasteiger partial charge is 0.255 e. The van der Waals surface area contributed by atoms with E-state index in [9.17, 15) is 4.79 Å². The van der Waals surface area contributed by atoms with Gasteiger partial charge in [0.15, 0.2) is 11.5 Å². The fraction of sp³-hybridized carbons (Fsp3) is 0.0870. The van der Waals surface area contributed by atoms with Crippen molar-refractivity contribution in [2.75, 3.05) is 19.2 Å². The molecule has 1 N–H and O–H groups in total. The number of ether oxygens (including phenoxy) is 3. The van der Waals surface area contributed by atoms with E-state index in [1.807, 2.05) is 60.7 Å². The van der Waals surface area contributed by atoms with Gasteiger partial charge in [0.05, 0.1) is 7.11 Å². The van der Waals surface area contributed by atoms with Crippen LogP contribution in [0.25, 0.3) is 12.2 Å². The van der Waals surface area contributed by atoms with Crippen LogP contribution in [0.15, 0.2) is 66.7 Å². The van der Waals surface area contributed by atoms with Crippen LogP contribution >= 0.6 is 0 Å². The molecule has 1 aliphatic rings. The maximum absolute atomic E-state index is 12.4. The van der Waals surface area contributed by atoms with Crippen molar-refractivity contribution in [2.45, 2.75) is 0 Å². The Kier molecular flexibility index (Phi) is 4.97. The summed E-state index contributed by atoms with van der Waals surface area (Å²) >= 11 is 0. The number of hydrogen-bond acceptors (Lipinski definition) is 4. The van der Waals surface area contributed by atoms with Crippen molar-refractivity contribution >= 4 is 23.7 Å². The fourth-order valence-corrected chi connectivity index (χ4v) is 2.83. The van der Waals surface area contributed by atoms with E-state index in [1.165, 1.54) is 0 Å². The van der Waals surface area contributed by atoms with Gasteiger partial charge in [-0.3, -0.25) is 4.79 Å². The van der Waals surface area contributed by atoms with Crippen LogP contribution in [0.5, 0.6) is 17.2 Å². The summed E-state index contributed by atoms with van der Waals surface area (Å²) < 4.78 is 15.7. The van der Waals surface area contributed by atoms with E-state index in [0.717, 1.165) is 22.6 Å². The van der Waals surface area contributed by atoms with E-state index in [1.54, 1.807) is 25.3 Å². The minimum atomic E-state index is -0.195. The lowest BCUT2D eigenvalue weighted by atomic mass is 10.1. The molecule has 0 fully saturated rings. The zero-order valence-electron chi connectivity index (χ0n) is 15.3. The molecule has 0 aromatic heterocycles. The van der Waals surface area contributed by atoms with Gasteiger partial charge in [0.2, 0.25) is 6.79 Å². The molecule has 0 radical (unpaired) electrons. The van der Waals surface area contributed by atoms with Gasteiger partial charge in [-0.25, -0.2) is 0 Å². The van der Waals surface area contributed by atoms with Crippen LogP contribution in [0.1, 0.15) is 21.5 Å². The third-order valence-corrected chi connectivity index (χ3v) is 4.39. The third kappa shape index (κ3) is 3.99. The zero-order valence-corrected chi connectivity index (χ0v) is 15.3. The van der Waals surface area contributed by atoms with Crippen LogP contribution in [-0.2, 0) is 0 Å². The van der Waals surface area contributed by atoms with Gasteiger partial charge < -0.3 is 19.5 Å². The molecule has 1 heterocycles. The molecule has 4 rings (SSSR count). The predicted octanol–water partition coefficient (Wildman–Crippen LogP) is 4.85. The summed E-state index contributed by atoms with van der Waals surface area (Å²) in [6, 6.07) is 20.6. The molecule has 3 aromatic carbocycles. The van der Waals surface area contributed by atoms with Crippen LogP contribution in [0.2, 0.25) is 0 Å². The number of amides is 1. The fourth-order valence-electron chi connectivity index (χ4n) is 2.83. The summed E-state index contributed by atoms with van der Waals surface area (Å²) in [5.74, 6) is 1.88. The Hall–Kier alpha value is -3.73. The maximum Gasteiger partial charge on any atom is 0.255 e. The topological polar surface area (TPSA) is 56.8 Å². The Bertz CT molecular complexity index is 1010. The number of rotatable bonds is 5. The lowest BCUT2D eigenvalue weighted by Crippen LogP contribution is -2.11. The lowest BCUT2D eigenvalue weighted by Gasteiger charge is -2.06. The molecule has 5 heteroatoms. The van der Waals surface area contributed by atoms with Gasteiger partial charge in [0.1, 0.15) is 5.75 Å². The first-order valence-corrected chi connectivity index (χ1v) is 8.84. The van der Waals surface area contributed by atoms with E-state index >= 15 is 0 Å².